The molecule has 1 heterocycles. The van der Waals surface area contributed by atoms with Gasteiger partial charge in [0, 0.05) is 22.7 Å². The Morgan fingerprint density at radius 3 is 2.84 bits per heavy atom. The van der Waals surface area contributed by atoms with Crippen LogP contribution in [0.1, 0.15) is 18.4 Å². The van der Waals surface area contributed by atoms with E-state index in [0.717, 1.165) is 22.3 Å². The average molecular weight is 355 g/mol. The first-order valence-corrected chi connectivity index (χ1v) is 9.20. The van der Waals surface area contributed by atoms with Gasteiger partial charge in [-0.3, -0.25) is 0 Å². The minimum atomic E-state index is -0.271. The Morgan fingerprint density at radius 1 is 1.20 bits per heavy atom. The van der Waals surface area contributed by atoms with Crippen LogP contribution in [0.2, 0.25) is 0 Å². The lowest BCUT2D eigenvalue weighted by Gasteiger charge is -2.11. The van der Waals surface area contributed by atoms with E-state index < -0.39 is 0 Å². The van der Waals surface area contributed by atoms with Crippen LogP contribution in [0.25, 0.3) is 10.9 Å². The van der Waals surface area contributed by atoms with Crippen LogP contribution in [0, 0.1) is 5.82 Å². The van der Waals surface area contributed by atoms with E-state index in [4.69, 9.17) is 4.74 Å². The first kappa shape index (κ1) is 16.1. The fourth-order valence-electron chi connectivity index (χ4n) is 2.65. The maximum atomic E-state index is 13.5. The molecule has 0 saturated heterocycles. The molecular weight excluding hydrogens is 337 g/mol. The van der Waals surface area contributed by atoms with Crippen LogP contribution in [0.4, 0.5) is 10.2 Å². The van der Waals surface area contributed by atoms with Gasteiger partial charge in [0.15, 0.2) is 5.16 Å². The molecule has 0 amide bonds. The summed E-state index contributed by atoms with van der Waals surface area (Å²) in [5.74, 6) is 1.82. The van der Waals surface area contributed by atoms with Crippen LogP contribution in [-0.2, 0) is 5.75 Å². The molecule has 0 bridgehead atoms. The molecule has 2 aromatic carbocycles. The van der Waals surface area contributed by atoms with Crippen molar-refractivity contribution in [2.45, 2.75) is 29.8 Å². The summed E-state index contributed by atoms with van der Waals surface area (Å²) in [6.07, 6.45) is 2.36. The van der Waals surface area contributed by atoms with E-state index >= 15 is 0 Å². The SMILES string of the molecule is COc1ccc(F)cc1CSc1nc(NC2CC2)c2ccccc2n1. The fraction of sp³-hybridized carbons (Fsp3) is 0.263. The van der Waals surface area contributed by atoms with E-state index in [-0.39, 0.29) is 5.82 Å². The molecule has 4 nitrogen and oxygen atoms in total. The Labute approximate surface area is 149 Å². The number of para-hydroxylation sites is 1. The summed E-state index contributed by atoms with van der Waals surface area (Å²) in [7, 11) is 1.59. The van der Waals surface area contributed by atoms with E-state index in [1.807, 2.05) is 24.3 Å². The standard InChI is InChI=1S/C19H18FN3OS/c1-24-17-9-6-13(20)10-12(17)11-25-19-22-16-5-3-2-4-15(16)18(23-19)21-14-7-8-14/h2-6,9-10,14H,7-8,11H2,1H3,(H,21,22,23). The van der Waals surface area contributed by atoms with Crippen LogP contribution < -0.4 is 10.1 Å². The number of ether oxygens (including phenoxy) is 1. The van der Waals surface area contributed by atoms with Gasteiger partial charge in [-0.1, -0.05) is 23.9 Å². The first-order valence-electron chi connectivity index (χ1n) is 8.21. The number of anilines is 1. The molecule has 1 aliphatic carbocycles. The number of thioether (sulfide) groups is 1. The van der Waals surface area contributed by atoms with Crippen LogP contribution in [-0.4, -0.2) is 23.1 Å². The third-order valence-electron chi connectivity index (χ3n) is 4.10. The quantitative estimate of drug-likeness (QED) is 0.515. The van der Waals surface area contributed by atoms with Gasteiger partial charge in [-0.05, 0) is 43.2 Å². The Morgan fingerprint density at radius 2 is 2.04 bits per heavy atom. The molecule has 0 spiro atoms. The molecular formula is C19H18FN3OS. The van der Waals surface area contributed by atoms with Crippen molar-refractivity contribution in [1.29, 1.82) is 0 Å². The van der Waals surface area contributed by atoms with Gasteiger partial charge in [0.25, 0.3) is 0 Å². The monoisotopic (exact) mass is 355 g/mol. The van der Waals surface area contributed by atoms with Gasteiger partial charge in [-0.25, -0.2) is 14.4 Å². The normalized spacial score (nSPS) is 13.8. The van der Waals surface area contributed by atoms with Gasteiger partial charge in [-0.2, -0.15) is 0 Å². The maximum Gasteiger partial charge on any atom is 0.190 e. The Bertz CT molecular complexity index is 914. The predicted octanol–water partition coefficient (Wildman–Crippen LogP) is 4.64. The van der Waals surface area contributed by atoms with Gasteiger partial charge >= 0.3 is 0 Å². The highest BCUT2D eigenvalue weighted by Crippen LogP contribution is 2.32. The topological polar surface area (TPSA) is 47.0 Å². The molecule has 0 radical (unpaired) electrons. The maximum absolute atomic E-state index is 13.5. The minimum Gasteiger partial charge on any atom is -0.496 e. The van der Waals surface area contributed by atoms with E-state index in [0.29, 0.717) is 22.7 Å². The summed E-state index contributed by atoms with van der Waals surface area (Å²) in [5.41, 5.74) is 1.70. The summed E-state index contributed by atoms with van der Waals surface area (Å²) < 4.78 is 18.8. The number of hydrogen-bond donors (Lipinski definition) is 1. The lowest BCUT2D eigenvalue weighted by Crippen LogP contribution is -2.05. The van der Waals surface area contributed by atoms with Gasteiger partial charge < -0.3 is 10.1 Å². The smallest absolute Gasteiger partial charge is 0.190 e. The average Bonchev–Trinajstić information content (AvgIpc) is 3.44. The number of nitrogens with one attached hydrogen (secondary N) is 1. The molecule has 128 valence electrons. The minimum absolute atomic E-state index is 0.271. The van der Waals surface area contributed by atoms with Crippen molar-refractivity contribution in [3.63, 3.8) is 0 Å². The van der Waals surface area contributed by atoms with Crippen molar-refractivity contribution in [2.24, 2.45) is 0 Å². The Balaban J connectivity index is 1.62. The second-order valence-electron chi connectivity index (χ2n) is 6.04. The van der Waals surface area contributed by atoms with Gasteiger partial charge in [0.05, 0.1) is 12.6 Å². The third kappa shape index (κ3) is 3.69. The number of nitrogens with zero attached hydrogens (tertiary/aromatic N) is 2. The number of methoxy groups -OCH3 is 1. The largest absolute Gasteiger partial charge is 0.496 e. The Kier molecular flexibility index (Phi) is 4.44. The summed E-state index contributed by atoms with van der Waals surface area (Å²) in [4.78, 5) is 9.31. The van der Waals surface area contributed by atoms with Crippen molar-refractivity contribution in [1.82, 2.24) is 9.97 Å². The van der Waals surface area contributed by atoms with Gasteiger partial charge in [-0.15, -0.1) is 0 Å². The third-order valence-corrected chi connectivity index (χ3v) is 5.00. The van der Waals surface area contributed by atoms with E-state index in [9.17, 15) is 4.39 Å². The van der Waals surface area contributed by atoms with Crippen LogP contribution >= 0.6 is 11.8 Å². The van der Waals surface area contributed by atoms with E-state index in [2.05, 4.69) is 15.3 Å². The molecule has 1 fully saturated rings. The lowest BCUT2D eigenvalue weighted by atomic mass is 10.2. The number of aromatic nitrogens is 2. The molecule has 0 atom stereocenters. The highest BCUT2D eigenvalue weighted by molar-refractivity contribution is 7.98. The van der Waals surface area contributed by atoms with Crippen LogP contribution in [0.15, 0.2) is 47.6 Å². The molecule has 0 unspecified atom stereocenters. The van der Waals surface area contributed by atoms with E-state index in [1.54, 1.807) is 13.2 Å². The zero-order valence-corrected chi connectivity index (χ0v) is 14.6. The molecule has 0 aliphatic heterocycles. The number of halogens is 1. The molecule has 6 heteroatoms. The summed E-state index contributed by atoms with van der Waals surface area (Å²) >= 11 is 1.48. The predicted molar refractivity (Wildman–Crippen MR) is 98.7 cm³/mol. The molecule has 1 saturated carbocycles. The highest BCUT2D eigenvalue weighted by atomic mass is 32.2. The second kappa shape index (κ2) is 6.88. The lowest BCUT2D eigenvalue weighted by molar-refractivity contribution is 0.410. The molecule has 25 heavy (non-hydrogen) atoms. The zero-order chi connectivity index (χ0) is 17.2. The fourth-order valence-corrected chi connectivity index (χ4v) is 3.48. The van der Waals surface area contributed by atoms with Gasteiger partial charge in [0.1, 0.15) is 17.4 Å². The first-order chi connectivity index (χ1) is 12.2. The van der Waals surface area contributed by atoms with Crippen molar-refractivity contribution < 1.29 is 9.13 Å². The number of benzene rings is 2. The molecule has 1 aliphatic rings. The number of fused-ring (bicyclic) bond motifs is 1. The van der Waals surface area contributed by atoms with Crippen molar-refractivity contribution >= 4 is 28.5 Å². The number of hydrogen-bond acceptors (Lipinski definition) is 5. The molecule has 1 N–H and O–H groups in total. The Hall–Kier alpha value is -2.34. The molecule has 1 aromatic heterocycles. The zero-order valence-electron chi connectivity index (χ0n) is 13.8. The van der Waals surface area contributed by atoms with E-state index in [1.165, 1.54) is 36.7 Å². The highest BCUT2D eigenvalue weighted by Gasteiger charge is 2.22. The molecule has 4 rings (SSSR count). The molecule has 3 aromatic rings. The van der Waals surface area contributed by atoms with Gasteiger partial charge in [0.2, 0.25) is 0 Å². The van der Waals surface area contributed by atoms with Crippen LogP contribution in [0.5, 0.6) is 5.75 Å². The number of rotatable bonds is 6. The summed E-state index contributed by atoms with van der Waals surface area (Å²) in [6, 6.07) is 13.0. The van der Waals surface area contributed by atoms with Crippen LogP contribution in [0.3, 0.4) is 0 Å². The van der Waals surface area contributed by atoms with Crippen molar-refractivity contribution in [3.05, 3.63) is 53.8 Å². The van der Waals surface area contributed by atoms with Crippen molar-refractivity contribution in [2.75, 3.05) is 12.4 Å². The summed E-state index contributed by atoms with van der Waals surface area (Å²) in [5, 5.41) is 5.18. The van der Waals surface area contributed by atoms with Crippen molar-refractivity contribution in [3.8, 4) is 5.75 Å². The summed E-state index contributed by atoms with van der Waals surface area (Å²) in [6.45, 7) is 0. The second-order valence-corrected chi connectivity index (χ2v) is 6.98.